The van der Waals surface area contributed by atoms with Crippen molar-refractivity contribution in [1.82, 2.24) is 0 Å². The largest absolute Gasteiger partial charge is 0.490 e. The van der Waals surface area contributed by atoms with Crippen molar-refractivity contribution < 1.29 is 24.2 Å². The minimum absolute atomic E-state index is 0.0167. The number of carbonyl (C=O) groups is 2. The molecule has 188 valence electrons. The average Bonchev–Trinajstić information content (AvgIpc) is 2.88. The van der Waals surface area contributed by atoms with Gasteiger partial charge in [0.2, 0.25) is 0 Å². The zero-order chi connectivity index (χ0) is 26.8. The summed E-state index contributed by atoms with van der Waals surface area (Å²) in [6.07, 6.45) is 3.60. The van der Waals surface area contributed by atoms with Gasteiger partial charge in [-0.1, -0.05) is 41.9 Å². The van der Waals surface area contributed by atoms with Gasteiger partial charge in [-0.05, 0) is 61.4 Å². The van der Waals surface area contributed by atoms with Gasteiger partial charge in [0.15, 0.2) is 11.5 Å². The summed E-state index contributed by atoms with van der Waals surface area (Å²) in [6, 6.07) is 18.5. The van der Waals surface area contributed by atoms with Crippen LogP contribution in [-0.4, -0.2) is 23.6 Å². The summed E-state index contributed by atoms with van der Waals surface area (Å²) < 4.78 is 11.9. The summed E-state index contributed by atoms with van der Waals surface area (Å²) in [4.78, 5) is 24.0. The molecule has 3 aromatic rings. The molecule has 0 bridgehead atoms. The standard InChI is InChI=1S/C29H25ClN2O5/c1-3-8-20-13-19(14-23(17-31)28(33)32-24-11-7-10-21(16-24)29(34)35)15-26(36-4-2)27(20)37-18-22-9-5-6-12-25(22)30/h3,5-7,9-16H,1,4,8,18H2,2H3,(H,32,33)(H,34,35)/b23-14-. The second-order valence-electron chi connectivity index (χ2n) is 7.82. The summed E-state index contributed by atoms with van der Waals surface area (Å²) in [5.74, 6) is -0.825. The molecule has 0 aliphatic rings. The number of carboxylic acids is 1. The first-order valence-electron chi connectivity index (χ1n) is 11.4. The number of amides is 1. The molecule has 0 saturated carbocycles. The third kappa shape index (κ3) is 7.23. The van der Waals surface area contributed by atoms with Crippen LogP contribution in [-0.2, 0) is 17.8 Å². The molecule has 0 radical (unpaired) electrons. The van der Waals surface area contributed by atoms with E-state index in [4.69, 9.17) is 26.2 Å². The van der Waals surface area contributed by atoms with Crippen molar-refractivity contribution in [1.29, 1.82) is 5.26 Å². The van der Waals surface area contributed by atoms with E-state index in [-0.39, 0.29) is 23.4 Å². The maximum Gasteiger partial charge on any atom is 0.335 e. The molecule has 2 N–H and O–H groups in total. The van der Waals surface area contributed by atoms with E-state index in [0.29, 0.717) is 35.1 Å². The second-order valence-corrected chi connectivity index (χ2v) is 8.23. The molecule has 3 aromatic carbocycles. The first-order chi connectivity index (χ1) is 17.9. The number of carboxylic acid groups (broad SMARTS) is 1. The third-order valence-corrected chi connectivity index (χ3v) is 5.56. The fourth-order valence-electron chi connectivity index (χ4n) is 3.51. The van der Waals surface area contributed by atoms with E-state index in [1.807, 2.05) is 31.2 Å². The topological polar surface area (TPSA) is 109 Å². The summed E-state index contributed by atoms with van der Waals surface area (Å²) in [7, 11) is 0. The van der Waals surface area contributed by atoms with Crippen LogP contribution in [0.3, 0.4) is 0 Å². The Hall–Kier alpha value is -4.54. The smallest absolute Gasteiger partial charge is 0.335 e. The van der Waals surface area contributed by atoms with Crippen molar-refractivity contribution in [3.8, 4) is 17.6 Å². The Bertz CT molecular complexity index is 1390. The monoisotopic (exact) mass is 516 g/mol. The number of nitrogens with zero attached hydrogens (tertiary/aromatic N) is 1. The zero-order valence-electron chi connectivity index (χ0n) is 20.2. The van der Waals surface area contributed by atoms with Crippen LogP contribution in [0, 0.1) is 11.3 Å². The Morgan fingerprint density at radius 3 is 2.57 bits per heavy atom. The molecular formula is C29H25ClN2O5. The van der Waals surface area contributed by atoms with Crippen LogP contribution in [0.1, 0.15) is 34.0 Å². The third-order valence-electron chi connectivity index (χ3n) is 5.19. The lowest BCUT2D eigenvalue weighted by atomic mass is 10.0. The zero-order valence-corrected chi connectivity index (χ0v) is 20.9. The Labute approximate surface area is 220 Å². The minimum Gasteiger partial charge on any atom is -0.490 e. The highest BCUT2D eigenvalue weighted by Gasteiger charge is 2.16. The Morgan fingerprint density at radius 2 is 1.89 bits per heavy atom. The molecule has 0 spiro atoms. The lowest BCUT2D eigenvalue weighted by Crippen LogP contribution is -2.14. The van der Waals surface area contributed by atoms with Crippen LogP contribution in [0.2, 0.25) is 5.02 Å². The van der Waals surface area contributed by atoms with Gasteiger partial charge in [-0.15, -0.1) is 6.58 Å². The van der Waals surface area contributed by atoms with Crippen molar-refractivity contribution in [2.24, 2.45) is 0 Å². The molecule has 3 rings (SSSR count). The van der Waals surface area contributed by atoms with Gasteiger partial charge in [0.25, 0.3) is 5.91 Å². The summed E-state index contributed by atoms with van der Waals surface area (Å²) in [5, 5.41) is 22.0. The van der Waals surface area contributed by atoms with E-state index >= 15 is 0 Å². The van der Waals surface area contributed by atoms with Crippen molar-refractivity contribution in [3.63, 3.8) is 0 Å². The normalized spacial score (nSPS) is 10.8. The number of nitrogens with one attached hydrogen (secondary N) is 1. The number of nitriles is 1. The van der Waals surface area contributed by atoms with Crippen LogP contribution in [0.5, 0.6) is 11.5 Å². The lowest BCUT2D eigenvalue weighted by molar-refractivity contribution is -0.112. The molecule has 7 nitrogen and oxygen atoms in total. The molecule has 0 unspecified atom stereocenters. The van der Waals surface area contributed by atoms with E-state index in [0.717, 1.165) is 11.1 Å². The predicted octanol–water partition coefficient (Wildman–Crippen LogP) is 6.29. The molecule has 0 heterocycles. The summed E-state index contributed by atoms with van der Waals surface area (Å²) >= 11 is 6.27. The first kappa shape index (κ1) is 27.1. The number of allylic oxidation sites excluding steroid dienone is 1. The molecule has 0 aliphatic heterocycles. The fourth-order valence-corrected chi connectivity index (χ4v) is 3.70. The molecule has 0 saturated heterocycles. The van der Waals surface area contributed by atoms with Gasteiger partial charge in [-0.2, -0.15) is 5.26 Å². The molecule has 1 amide bonds. The number of anilines is 1. The van der Waals surface area contributed by atoms with Crippen molar-refractivity contribution in [3.05, 3.63) is 106 Å². The van der Waals surface area contributed by atoms with Crippen molar-refractivity contribution >= 4 is 35.2 Å². The number of carbonyl (C=O) groups excluding carboxylic acids is 1. The van der Waals surface area contributed by atoms with Crippen LogP contribution in [0.15, 0.2) is 78.9 Å². The van der Waals surface area contributed by atoms with Gasteiger partial charge in [0.05, 0.1) is 12.2 Å². The van der Waals surface area contributed by atoms with Gasteiger partial charge < -0.3 is 19.9 Å². The minimum atomic E-state index is -1.12. The average molecular weight is 517 g/mol. The van der Waals surface area contributed by atoms with E-state index < -0.39 is 11.9 Å². The number of hydrogen-bond acceptors (Lipinski definition) is 5. The Morgan fingerprint density at radius 1 is 1.11 bits per heavy atom. The van der Waals surface area contributed by atoms with Gasteiger partial charge in [-0.3, -0.25) is 4.79 Å². The lowest BCUT2D eigenvalue weighted by Gasteiger charge is -2.17. The predicted molar refractivity (Wildman–Crippen MR) is 143 cm³/mol. The van der Waals surface area contributed by atoms with Gasteiger partial charge in [0, 0.05) is 21.8 Å². The maximum absolute atomic E-state index is 12.8. The number of hydrogen-bond donors (Lipinski definition) is 2. The molecule has 0 aliphatic carbocycles. The molecule has 0 atom stereocenters. The number of aromatic carboxylic acids is 1. The molecular weight excluding hydrogens is 492 g/mol. The first-order valence-corrected chi connectivity index (χ1v) is 11.8. The van der Waals surface area contributed by atoms with E-state index in [1.54, 1.807) is 30.3 Å². The molecule has 8 heteroatoms. The van der Waals surface area contributed by atoms with Crippen LogP contribution < -0.4 is 14.8 Å². The van der Waals surface area contributed by atoms with Gasteiger partial charge >= 0.3 is 5.97 Å². The quantitative estimate of drug-likeness (QED) is 0.176. The number of rotatable bonds is 11. The number of ether oxygens (including phenoxy) is 2. The van der Waals surface area contributed by atoms with E-state index in [1.165, 1.54) is 24.3 Å². The summed E-state index contributed by atoms with van der Waals surface area (Å²) in [6.45, 7) is 6.25. The van der Waals surface area contributed by atoms with Crippen LogP contribution >= 0.6 is 11.6 Å². The maximum atomic E-state index is 12.8. The Kier molecular flexibility index (Phi) is 9.48. The number of benzene rings is 3. The highest BCUT2D eigenvalue weighted by molar-refractivity contribution is 6.31. The Balaban J connectivity index is 1.93. The van der Waals surface area contributed by atoms with E-state index in [2.05, 4.69) is 11.9 Å². The second kappa shape index (κ2) is 13.0. The molecule has 0 fully saturated rings. The highest BCUT2D eigenvalue weighted by Crippen LogP contribution is 2.36. The summed E-state index contributed by atoms with van der Waals surface area (Å²) in [5.41, 5.74) is 2.23. The van der Waals surface area contributed by atoms with Crippen molar-refractivity contribution in [2.45, 2.75) is 20.0 Å². The van der Waals surface area contributed by atoms with Gasteiger partial charge in [0.1, 0.15) is 18.2 Å². The molecule has 37 heavy (non-hydrogen) atoms. The fraction of sp³-hybridized carbons (Fsp3) is 0.138. The van der Waals surface area contributed by atoms with E-state index in [9.17, 15) is 14.9 Å². The SMILES string of the molecule is C=CCc1cc(/C=C(/C#N)C(=O)Nc2cccc(C(=O)O)c2)cc(OCC)c1OCc1ccccc1Cl. The van der Waals surface area contributed by atoms with Crippen LogP contribution in [0.25, 0.3) is 6.08 Å². The highest BCUT2D eigenvalue weighted by atomic mass is 35.5. The van der Waals surface area contributed by atoms with Gasteiger partial charge in [-0.25, -0.2) is 4.79 Å². The van der Waals surface area contributed by atoms with Crippen molar-refractivity contribution in [2.75, 3.05) is 11.9 Å². The number of halogens is 1. The van der Waals surface area contributed by atoms with Crippen LogP contribution in [0.4, 0.5) is 5.69 Å². The molecule has 0 aromatic heterocycles.